The number of pyridine rings is 1. The maximum Gasteiger partial charge on any atom is 0.251 e. The number of halogens is 1. The molecule has 1 saturated heterocycles. The maximum atomic E-state index is 15.1. The predicted octanol–water partition coefficient (Wildman–Crippen LogP) is 4.72. The molecule has 2 amide bonds. The second kappa shape index (κ2) is 10.1. The Labute approximate surface area is 212 Å². The number of amides is 2. The highest BCUT2D eigenvalue weighted by Crippen LogP contribution is 2.38. The molecule has 0 aliphatic carbocycles. The van der Waals surface area contributed by atoms with Crippen LogP contribution in [0.1, 0.15) is 16.8 Å². The van der Waals surface area contributed by atoms with Crippen LogP contribution in [0.2, 0.25) is 0 Å². The molecule has 1 N–H and O–H groups in total. The summed E-state index contributed by atoms with van der Waals surface area (Å²) in [5.74, 6) is 0.299. The molecule has 8 nitrogen and oxygen atoms in total. The molecule has 188 valence electrons. The number of carbonyl (C=O) groups is 2. The lowest BCUT2D eigenvalue weighted by atomic mass is 10.1. The Bertz CT molecular complexity index is 1480. The Morgan fingerprint density at radius 3 is 2.46 bits per heavy atom. The van der Waals surface area contributed by atoms with Crippen LogP contribution in [0.4, 0.5) is 10.1 Å². The number of fused-ring (bicyclic) bond motifs is 1. The molecule has 0 spiro atoms. The summed E-state index contributed by atoms with van der Waals surface area (Å²) in [6.45, 7) is 0.244. The average Bonchev–Trinajstić information content (AvgIpc) is 3.29. The number of ether oxygens (including phenoxy) is 3. The number of hydrogen-bond donors (Lipinski definition) is 1. The molecule has 3 aromatic carbocycles. The molecule has 0 saturated carbocycles. The van der Waals surface area contributed by atoms with Gasteiger partial charge in [-0.15, -0.1) is 0 Å². The van der Waals surface area contributed by atoms with Gasteiger partial charge in [-0.3, -0.25) is 14.6 Å². The SMILES string of the molecule is COc1cc2nccc(Oc3ccc(N4CC(NC(=O)c5ccccc5)CC4=O)cc3F)c2cc1OC. The van der Waals surface area contributed by atoms with Gasteiger partial charge in [-0.2, -0.15) is 0 Å². The van der Waals surface area contributed by atoms with Crippen molar-refractivity contribution in [1.82, 2.24) is 10.3 Å². The van der Waals surface area contributed by atoms with E-state index in [-0.39, 0.29) is 36.6 Å². The molecule has 1 atom stereocenters. The minimum atomic E-state index is -0.632. The molecule has 9 heteroatoms. The molecule has 1 aliphatic heterocycles. The first-order chi connectivity index (χ1) is 18.0. The summed E-state index contributed by atoms with van der Waals surface area (Å²) in [6, 6.07) is 17.8. The lowest BCUT2D eigenvalue weighted by Crippen LogP contribution is -2.37. The number of methoxy groups -OCH3 is 2. The third kappa shape index (κ3) is 4.88. The van der Waals surface area contributed by atoms with Crippen LogP contribution in [0.25, 0.3) is 10.9 Å². The first-order valence-electron chi connectivity index (χ1n) is 11.6. The largest absolute Gasteiger partial charge is 0.493 e. The Morgan fingerprint density at radius 2 is 1.73 bits per heavy atom. The minimum Gasteiger partial charge on any atom is -0.493 e. The number of nitrogens with one attached hydrogen (secondary N) is 1. The van der Waals surface area contributed by atoms with E-state index in [0.717, 1.165) is 0 Å². The van der Waals surface area contributed by atoms with Gasteiger partial charge in [0.15, 0.2) is 23.1 Å². The zero-order valence-electron chi connectivity index (χ0n) is 20.2. The van der Waals surface area contributed by atoms with E-state index < -0.39 is 5.82 Å². The van der Waals surface area contributed by atoms with Crippen molar-refractivity contribution in [3.63, 3.8) is 0 Å². The molecule has 37 heavy (non-hydrogen) atoms. The quantitative estimate of drug-likeness (QED) is 0.394. The van der Waals surface area contributed by atoms with Gasteiger partial charge in [0.25, 0.3) is 5.91 Å². The van der Waals surface area contributed by atoms with Gasteiger partial charge in [0.2, 0.25) is 5.91 Å². The maximum absolute atomic E-state index is 15.1. The van der Waals surface area contributed by atoms with Gasteiger partial charge in [-0.25, -0.2) is 4.39 Å². The zero-order valence-corrected chi connectivity index (χ0v) is 20.2. The fourth-order valence-electron chi connectivity index (χ4n) is 4.31. The molecule has 1 unspecified atom stereocenters. The van der Waals surface area contributed by atoms with E-state index in [9.17, 15) is 9.59 Å². The van der Waals surface area contributed by atoms with Crippen molar-refractivity contribution in [2.45, 2.75) is 12.5 Å². The summed E-state index contributed by atoms with van der Waals surface area (Å²) in [6.07, 6.45) is 1.69. The molecule has 0 radical (unpaired) electrons. The summed E-state index contributed by atoms with van der Waals surface area (Å²) >= 11 is 0. The molecular weight excluding hydrogens is 477 g/mol. The number of nitrogens with zero attached hydrogens (tertiary/aromatic N) is 2. The van der Waals surface area contributed by atoms with Crippen molar-refractivity contribution in [1.29, 1.82) is 0 Å². The number of rotatable bonds is 7. The Kier molecular flexibility index (Phi) is 6.59. The van der Waals surface area contributed by atoms with Gasteiger partial charge in [0, 0.05) is 47.9 Å². The van der Waals surface area contributed by atoms with Crippen LogP contribution in [0.5, 0.6) is 23.0 Å². The summed E-state index contributed by atoms with van der Waals surface area (Å²) in [7, 11) is 3.06. The van der Waals surface area contributed by atoms with E-state index in [0.29, 0.717) is 39.4 Å². The van der Waals surface area contributed by atoms with Crippen molar-refractivity contribution in [3.05, 3.63) is 84.3 Å². The Hall–Kier alpha value is -4.66. The fraction of sp³-hybridized carbons (Fsp3) is 0.179. The molecule has 1 fully saturated rings. The predicted molar refractivity (Wildman–Crippen MR) is 136 cm³/mol. The number of anilines is 1. The van der Waals surface area contributed by atoms with Crippen LogP contribution in [0.3, 0.4) is 0 Å². The average molecular weight is 502 g/mol. The highest BCUT2D eigenvalue weighted by Gasteiger charge is 2.32. The van der Waals surface area contributed by atoms with Crippen LogP contribution >= 0.6 is 0 Å². The monoisotopic (exact) mass is 501 g/mol. The van der Waals surface area contributed by atoms with E-state index >= 15 is 4.39 Å². The normalized spacial score (nSPS) is 15.1. The Morgan fingerprint density at radius 1 is 0.973 bits per heavy atom. The topological polar surface area (TPSA) is 90.0 Å². The van der Waals surface area contributed by atoms with Crippen molar-refractivity contribution in [2.75, 3.05) is 25.7 Å². The van der Waals surface area contributed by atoms with Gasteiger partial charge in [-0.1, -0.05) is 18.2 Å². The first-order valence-corrected chi connectivity index (χ1v) is 11.6. The standard InChI is InChI=1S/C28H24FN3O5/c1-35-25-14-20-22(15-26(25)36-2)30-11-10-23(20)37-24-9-8-19(13-21(24)29)32-16-18(12-27(32)33)31-28(34)17-6-4-3-5-7-17/h3-11,13-15,18H,12,16H2,1-2H3,(H,31,34). The number of benzene rings is 3. The third-order valence-electron chi connectivity index (χ3n) is 6.15. The molecule has 0 bridgehead atoms. The second-order valence-corrected chi connectivity index (χ2v) is 8.50. The zero-order chi connectivity index (χ0) is 25.9. The lowest BCUT2D eigenvalue weighted by molar-refractivity contribution is -0.117. The summed E-state index contributed by atoms with van der Waals surface area (Å²) < 4.78 is 31.7. The summed E-state index contributed by atoms with van der Waals surface area (Å²) in [5.41, 5.74) is 1.50. The van der Waals surface area contributed by atoms with Crippen LogP contribution in [-0.4, -0.2) is 43.6 Å². The smallest absolute Gasteiger partial charge is 0.251 e. The van der Waals surface area contributed by atoms with Gasteiger partial charge in [0.05, 0.1) is 25.8 Å². The second-order valence-electron chi connectivity index (χ2n) is 8.50. The van der Waals surface area contributed by atoms with Crippen LogP contribution in [0, 0.1) is 5.82 Å². The highest BCUT2D eigenvalue weighted by molar-refractivity contribution is 5.99. The van der Waals surface area contributed by atoms with Crippen LogP contribution < -0.4 is 24.4 Å². The molecule has 5 rings (SSSR count). The number of aromatic nitrogens is 1. The fourth-order valence-corrected chi connectivity index (χ4v) is 4.31. The number of carbonyl (C=O) groups excluding carboxylic acids is 2. The van der Waals surface area contributed by atoms with E-state index in [1.54, 1.807) is 54.7 Å². The third-order valence-corrected chi connectivity index (χ3v) is 6.15. The minimum absolute atomic E-state index is 0.00777. The summed E-state index contributed by atoms with van der Waals surface area (Å²) in [4.78, 5) is 30.9. The number of hydrogen-bond acceptors (Lipinski definition) is 6. The van der Waals surface area contributed by atoms with Crippen molar-refractivity contribution in [3.8, 4) is 23.0 Å². The molecular formula is C28H24FN3O5. The van der Waals surface area contributed by atoms with E-state index in [1.165, 1.54) is 31.3 Å². The van der Waals surface area contributed by atoms with E-state index in [4.69, 9.17) is 14.2 Å². The van der Waals surface area contributed by atoms with Crippen molar-refractivity contribution in [2.24, 2.45) is 0 Å². The van der Waals surface area contributed by atoms with Gasteiger partial charge in [-0.05, 0) is 36.4 Å². The van der Waals surface area contributed by atoms with Gasteiger partial charge >= 0.3 is 0 Å². The molecule has 2 heterocycles. The van der Waals surface area contributed by atoms with Gasteiger partial charge < -0.3 is 24.4 Å². The molecule has 4 aromatic rings. The van der Waals surface area contributed by atoms with Crippen LogP contribution in [0.15, 0.2) is 72.9 Å². The van der Waals surface area contributed by atoms with E-state index in [1.807, 2.05) is 6.07 Å². The molecule has 1 aliphatic rings. The van der Waals surface area contributed by atoms with Gasteiger partial charge in [0.1, 0.15) is 5.75 Å². The highest BCUT2D eigenvalue weighted by atomic mass is 19.1. The molecule has 1 aromatic heterocycles. The lowest BCUT2D eigenvalue weighted by Gasteiger charge is -2.18. The summed E-state index contributed by atoms with van der Waals surface area (Å²) in [5, 5.41) is 3.49. The van der Waals surface area contributed by atoms with Crippen molar-refractivity contribution < 1.29 is 28.2 Å². The van der Waals surface area contributed by atoms with Crippen molar-refractivity contribution >= 4 is 28.4 Å². The van der Waals surface area contributed by atoms with Crippen LogP contribution in [-0.2, 0) is 4.79 Å². The first kappa shape index (κ1) is 24.1. The van der Waals surface area contributed by atoms with E-state index in [2.05, 4.69) is 10.3 Å². The Balaban J connectivity index is 1.33.